The van der Waals surface area contributed by atoms with Gasteiger partial charge in [0.1, 0.15) is 11.5 Å². The fourth-order valence-electron chi connectivity index (χ4n) is 9.71. The summed E-state index contributed by atoms with van der Waals surface area (Å²) < 4.78 is 68.4. The molecule has 0 aromatic heterocycles. The first-order chi connectivity index (χ1) is 28.0. The number of unbranched alkanes of at least 4 members (excludes halogenated alkanes) is 5. The Morgan fingerprint density at radius 1 is 0.517 bits per heavy atom. The first kappa shape index (κ1) is 43.9. The minimum Gasteiger partial charge on any atom is -0.494 e. The van der Waals surface area contributed by atoms with E-state index in [1.54, 1.807) is 12.1 Å². The first-order valence-electron chi connectivity index (χ1n) is 22.1. The van der Waals surface area contributed by atoms with Gasteiger partial charge in [-0.2, -0.15) is 0 Å². The second kappa shape index (κ2) is 19.6. The second-order valence-electron chi connectivity index (χ2n) is 17.3. The van der Waals surface area contributed by atoms with E-state index in [1.165, 1.54) is 0 Å². The van der Waals surface area contributed by atoms with Gasteiger partial charge < -0.3 is 9.47 Å². The van der Waals surface area contributed by atoms with Crippen LogP contribution in [0.2, 0.25) is 0 Å². The smallest absolute Gasteiger partial charge is 0.179 e. The maximum Gasteiger partial charge on any atom is 0.179 e. The molecule has 314 valence electrons. The van der Waals surface area contributed by atoms with Gasteiger partial charge in [0.15, 0.2) is 19.7 Å². The van der Waals surface area contributed by atoms with Gasteiger partial charge in [0.05, 0.1) is 34.5 Å². The molecule has 2 aliphatic rings. The van der Waals surface area contributed by atoms with E-state index in [4.69, 9.17) is 9.47 Å². The quantitative estimate of drug-likeness (QED) is 0.0875. The topological polar surface area (TPSA) is 86.7 Å². The van der Waals surface area contributed by atoms with Crippen molar-refractivity contribution in [1.29, 1.82) is 0 Å². The molecule has 6 rings (SSSR count). The van der Waals surface area contributed by atoms with E-state index in [1.807, 2.05) is 60.7 Å². The third kappa shape index (κ3) is 10.4. The molecule has 4 aromatic carbocycles. The normalized spacial score (nSPS) is 23.5. The predicted molar refractivity (Wildman–Crippen MR) is 237 cm³/mol. The van der Waals surface area contributed by atoms with Crippen LogP contribution in [0, 0.1) is 10.8 Å². The molecular formula is C50H66O6S2. The highest BCUT2D eigenvalue weighted by Crippen LogP contribution is 2.51. The van der Waals surface area contributed by atoms with Crippen LogP contribution in [-0.2, 0) is 19.7 Å². The summed E-state index contributed by atoms with van der Waals surface area (Å²) in [5.74, 6) is 1.79. The van der Waals surface area contributed by atoms with Crippen LogP contribution >= 0.6 is 0 Å². The van der Waals surface area contributed by atoms with Crippen LogP contribution in [0.1, 0.15) is 152 Å². The predicted octanol–water partition coefficient (Wildman–Crippen LogP) is 12.5. The van der Waals surface area contributed by atoms with Crippen molar-refractivity contribution in [2.24, 2.45) is 10.8 Å². The number of ether oxygens (including phenoxy) is 2. The number of benzene rings is 4. The largest absolute Gasteiger partial charge is 0.494 e. The van der Waals surface area contributed by atoms with Crippen molar-refractivity contribution in [2.75, 3.05) is 24.7 Å². The van der Waals surface area contributed by atoms with E-state index in [2.05, 4.69) is 52.0 Å². The molecule has 0 aliphatic carbocycles. The third-order valence-corrected chi connectivity index (χ3v) is 17.3. The Bertz CT molecular complexity index is 2000. The van der Waals surface area contributed by atoms with E-state index in [0.29, 0.717) is 23.0 Å². The average molecular weight is 827 g/mol. The van der Waals surface area contributed by atoms with Crippen LogP contribution in [0.5, 0.6) is 11.5 Å². The van der Waals surface area contributed by atoms with Gasteiger partial charge in [-0.3, -0.25) is 0 Å². The maximum atomic E-state index is 14.0. The SMILES string of the molecule is CCCC[C@@]1(CC)C[C@@H](c2ccccc2)c2cc(OCCCCCCOc3ccc4c(c3)[C@@H](c3ccccc3)C[C@@](CC)(CCCC)CS4(=O)=O)ccc2S(=O)(=O)C1. The number of rotatable bonds is 19. The van der Waals surface area contributed by atoms with Crippen molar-refractivity contribution in [2.45, 2.75) is 139 Å². The molecule has 0 spiro atoms. The Morgan fingerprint density at radius 3 is 1.28 bits per heavy atom. The van der Waals surface area contributed by atoms with E-state index in [0.717, 1.165) is 124 Å². The summed E-state index contributed by atoms with van der Waals surface area (Å²) in [4.78, 5) is 0.904. The highest BCUT2D eigenvalue weighted by Gasteiger charge is 2.44. The zero-order chi connectivity index (χ0) is 41.2. The standard InChI is InChI=1S/C50H66O6S2/c1-5-9-29-49(7-3)35-45(39-21-15-13-16-22-39)43-33-41(25-27-47(43)57(51,52)37-49)55-31-19-11-12-20-32-56-42-26-28-48-44(34-42)46(40-23-17-14-18-24-40)36-50(8-4,30-10-6-2)38-58(48,53)54/h13-18,21-28,33-34,45-46H,5-12,19-20,29-32,35-38H2,1-4H3/t45-,46+,49-,50+. The van der Waals surface area contributed by atoms with E-state index < -0.39 is 19.7 Å². The molecule has 0 bridgehead atoms. The lowest BCUT2D eigenvalue weighted by atomic mass is 9.71. The van der Waals surface area contributed by atoms with Gasteiger partial charge in [-0.15, -0.1) is 0 Å². The van der Waals surface area contributed by atoms with Crippen molar-refractivity contribution in [3.05, 3.63) is 119 Å². The zero-order valence-corrected chi connectivity index (χ0v) is 37.0. The molecule has 0 N–H and O–H groups in total. The minimum atomic E-state index is -3.48. The summed E-state index contributed by atoms with van der Waals surface area (Å²) in [6, 6.07) is 32.0. The van der Waals surface area contributed by atoms with E-state index in [9.17, 15) is 16.8 Å². The van der Waals surface area contributed by atoms with Crippen LogP contribution < -0.4 is 9.47 Å². The van der Waals surface area contributed by atoms with Gasteiger partial charge in [0.25, 0.3) is 0 Å². The molecule has 4 atom stereocenters. The Morgan fingerprint density at radius 2 is 0.914 bits per heavy atom. The van der Waals surface area contributed by atoms with Gasteiger partial charge in [-0.25, -0.2) is 16.8 Å². The lowest BCUT2D eigenvalue weighted by Crippen LogP contribution is -2.29. The van der Waals surface area contributed by atoms with Gasteiger partial charge in [-0.05, 0) is 134 Å². The van der Waals surface area contributed by atoms with Gasteiger partial charge in [0.2, 0.25) is 0 Å². The summed E-state index contributed by atoms with van der Waals surface area (Å²) in [7, 11) is -6.95. The van der Waals surface area contributed by atoms with Crippen molar-refractivity contribution < 1.29 is 26.3 Å². The molecule has 0 fully saturated rings. The lowest BCUT2D eigenvalue weighted by Gasteiger charge is -2.34. The maximum absolute atomic E-state index is 14.0. The zero-order valence-electron chi connectivity index (χ0n) is 35.4. The second-order valence-corrected chi connectivity index (χ2v) is 21.2. The molecule has 4 aromatic rings. The molecule has 0 radical (unpaired) electrons. The molecule has 2 heterocycles. The Labute approximate surface area is 350 Å². The van der Waals surface area contributed by atoms with Crippen LogP contribution in [0.4, 0.5) is 0 Å². The number of hydrogen-bond acceptors (Lipinski definition) is 6. The average Bonchev–Trinajstić information content (AvgIpc) is 3.40. The summed E-state index contributed by atoms with van der Waals surface area (Å²) in [6.45, 7) is 9.76. The summed E-state index contributed by atoms with van der Waals surface area (Å²) in [6.07, 6.45) is 13.0. The third-order valence-electron chi connectivity index (χ3n) is 13.3. The molecule has 8 heteroatoms. The van der Waals surface area contributed by atoms with Crippen LogP contribution in [0.15, 0.2) is 107 Å². The number of fused-ring (bicyclic) bond motifs is 2. The molecule has 2 aliphatic heterocycles. The Balaban J connectivity index is 1.07. The molecule has 0 saturated heterocycles. The number of hydrogen-bond donors (Lipinski definition) is 0. The summed E-state index contributed by atoms with van der Waals surface area (Å²) in [5.41, 5.74) is 3.50. The van der Waals surface area contributed by atoms with Gasteiger partial charge in [0, 0.05) is 11.8 Å². The summed E-state index contributed by atoms with van der Waals surface area (Å²) >= 11 is 0. The van der Waals surface area contributed by atoms with Gasteiger partial charge >= 0.3 is 0 Å². The minimum absolute atomic E-state index is 0.0160. The molecule has 6 nitrogen and oxygen atoms in total. The van der Waals surface area contributed by atoms with Crippen molar-refractivity contribution >= 4 is 19.7 Å². The summed E-state index contributed by atoms with van der Waals surface area (Å²) in [5, 5.41) is 0. The molecule has 0 amide bonds. The first-order valence-corrected chi connectivity index (χ1v) is 25.4. The highest BCUT2D eigenvalue weighted by molar-refractivity contribution is 7.91. The molecule has 58 heavy (non-hydrogen) atoms. The molecule has 0 saturated carbocycles. The lowest BCUT2D eigenvalue weighted by molar-refractivity contribution is 0.247. The highest BCUT2D eigenvalue weighted by atomic mass is 32.2. The van der Waals surface area contributed by atoms with Crippen LogP contribution in [0.25, 0.3) is 0 Å². The fourth-order valence-corrected chi connectivity index (χ4v) is 14.2. The van der Waals surface area contributed by atoms with Crippen molar-refractivity contribution in [3.63, 3.8) is 0 Å². The van der Waals surface area contributed by atoms with Crippen LogP contribution in [-0.4, -0.2) is 41.6 Å². The van der Waals surface area contributed by atoms with Crippen molar-refractivity contribution in [1.82, 2.24) is 0 Å². The van der Waals surface area contributed by atoms with E-state index >= 15 is 0 Å². The molecule has 0 unspecified atom stereocenters. The number of sulfone groups is 2. The van der Waals surface area contributed by atoms with Crippen molar-refractivity contribution in [3.8, 4) is 11.5 Å². The monoisotopic (exact) mass is 826 g/mol. The van der Waals surface area contributed by atoms with E-state index in [-0.39, 0.29) is 34.2 Å². The van der Waals surface area contributed by atoms with Gasteiger partial charge in [-0.1, -0.05) is 114 Å². The molecular weight excluding hydrogens is 761 g/mol. The Hall–Kier alpha value is -3.62. The fraction of sp³-hybridized carbons (Fsp3) is 0.520. The van der Waals surface area contributed by atoms with Crippen LogP contribution in [0.3, 0.4) is 0 Å². The Kier molecular flexibility index (Phi) is 14.9.